The Balaban J connectivity index is 2.39. The summed E-state index contributed by atoms with van der Waals surface area (Å²) in [6.07, 6.45) is 1.59. The Hall–Kier alpha value is -1.84. The first-order valence-electron chi connectivity index (χ1n) is 6.79. The summed E-state index contributed by atoms with van der Waals surface area (Å²) >= 11 is 0. The number of hydrogen-bond acceptors (Lipinski definition) is 4. The Kier molecular flexibility index (Phi) is 3.36. The van der Waals surface area contributed by atoms with Gasteiger partial charge in [0.15, 0.2) is 5.54 Å². The molecule has 0 fully saturated rings. The van der Waals surface area contributed by atoms with Gasteiger partial charge in [-0.15, -0.1) is 0 Å². The van der Waals surface area contributed by atoms with E-state index in [0.717, 1.165) is 5.56 Å². The third-order valence-electron chi connectivity index (χ3n) is 3.79. The fraction of sp³-hybridized carbons (Fsp3) is 0.500. The average Bonchev–Trinajstić information content (AvgIpc) is 2.67. The smallest absolute Gasteiger partial charge is 0.334 e. The number of rotatable bonds is 2. The number of benzene rings is 1. The molecular formula is C16H22N2O2. The van der Waals surface area contributed by atoms with Crippen molar-refractivity contribution in [1.82, 2.24) is 5.32 Å². The van der Waals surface area contributed by atoms with E-state index >= 15 is 0 Å². The molecule has 0 aliphatic carbocycles. The normalized spacial score (nSPS) is 29.1. The van der Waals surface area contributed by atoms with Crippen molar-refractivity contribution < 1.29 is 9.53 Å². The Morgan fingerprint density at radius 1 is 1.20 bits per heavy atom. The lowest BCUT2D eigenvalue weighted by Gasteiger charge is -2.39. The van der Waals surface area contributed by atoms with Crippen molar-refractivity contribution in [2.45, 2.75) is 51.3 Å². The van der Waals surface area contributed by atoms with Crippen LogP contribution < -0.4 is 5.32 Å². The van der Waals surface area contributed by atoms with Crippen molar-refractivity contribution in [3.05, 3.63) is 35.9 Å². The lowest BCUT2D eigenvalue weighted by molar-refractivity contribution is -0.164. The van der Waals surface area contributed by atoms with E-state index in [1.807, 2.05) is 65.0 Å². The highest BCUT2D eigenvalue weighted by Crippen LogP contribution is 2.40. The zero-order valence-electron chi connectivity index (χ0n) is 12.7. The quantitative estimate of drug-likeness (QED) is 0.843. The van der Waals surface area contributed by atoms with Gasteiger partial charge in [-0.2, -0.15) is 0 Å². The molecular weight excluding hydrogens is 252 g/mol. The van der Waals surface area contributed by atoms with Gasteiger partial charge in [0.05, 0.1) is 6.34 Å². The van der Waals surface area contributed by atoms with Crippen LogP contribution in [0.2, 0.25) is 0 Å². The zero-order chi connectivity index (χ0) is 15.0. The molecule has 0 unspecified atom stereocenters. The third kappa shape index (κ3) is 2.30. The monoisotopic (exact) mass is 274 g/mol. The fourth-order valence-corrected chi connectivity index (χ4v) is 2.32. The molecule has 1 aliphatic rings. The van der Waals surface area contributed by atoms with Crippen LogP contribution in [0.5, 0.6) is 0 Å². The summed E-state index contributed by atoms with van der Waals surface area (Å²) in [6.45, 7) is 9.38. The standard InChI is InChI=1S/C16H22N2O2/c1-14(2,3)20-13(19)16(5)15(4,17-11-18-16)12-9-7-6-8-10-12/h6-11H,1-5H3,(H,17,18)/t15-,16-/m0/s1. The first-order valence-corrected chi connectivity index (χ1v) is 6.79. The first kappa shape index (κ1) is 14.6. The van der Waals surface area contributed by atoms with Gasteiger partial charge in [0.2, 0.25) is 0 Å². The molecule has 1 aliphatic heterocycles. The van der Waals surface area contributed by atoms with Crippen molar-refractivity contribution in [3.63, 3.8) is 0 Å². The van der Waals surface area contributed by atoms with Crippen LogP contribution in [0.25, 0.3) is 0 Å². The second kappa shape index (κ2) is 4.62. The molecule has 20 heavy (non-hydrogen) atoms. The fourth-order valence-electron chi connectivity index (χ4n) is 2.32. The van der Waals surface area contributed by atoms with Crippen molar-refractivity contribution in [1.29, 1.82) is 0 Å². The molecule has 0 radical (unpaired) electrons. The summed E-state index contributed by atoms with van der Waals surface area (Å²) in [4.78, 5) is 17.1. The molecule has 4 heteroatoms. The van der Waals surface area contributed by atoms with Crippen molar-refractivity contribution in [2.24, 2.45) is 4.99 Å². The maximum absolute atomic E-state index is 12.6. The predicted molar refractivity (Wildman–Crippen MR) is 79.7 cm³/mol. The zero-order valence-corrected chi connectivity index (χ0v) is 12.7. The number of nitrogens with one attached hydrogen (secondary N) is 1. The highest BCUT2D eigenvalue weighted by molar-refractivity contribution is 5.88. The van der Waals surface area contributed by atoms with E-state index in [0.29, 0.717) is 0 Å². The molecule has 1 heterocycles. The summed E-state index contributed by atoms with van der Waals surface area (Å²) < 4.78 is 5.56. The number of carbonyl (C=O) groups is 1. The number of ether oxygens (including phenoxy) is 1. The van der Waals surface area contributed by atoms with Gasteiger partial charge >= 0.3 is 5.97 Å². The van der Waals surface area contributed by atoms with Crippen LogP contribution in [0.15, 0.2) is 35.3 Å². The van der Waals surface area contributed by atoms with E-state index in [2.05, 4.69) is 10.3 Å². The van der Waals surface area contributed by atoms with Gasteiger partial charge in [-0.3, -0.25) is 4.99 Å². The summed E-state index contributed by atoms with van der Waals surface area (Å²) in [6, 6.07) is 9.80. The molecule has 0 saturated heterocycles. The Morgan fingerprint density at radius 2 is 1.80 bits per heavy atom. The summed E-state index contributed by atoms with van der Waals surface area (Å²) in [5, 5.41) is 3.08. The highest BCUT2D eigenvalue weighted by atomic mass is 16.6. The van der Waals surface area contributed by atoms with Gasteiger partial charge in [-0.1, -0.05) is 30.3 Å². The Labute approximate surface area is 120 Å². The van der Waals surface area contributed by atoms with E-state index < -0.39 is 16.7 Å². The number of hydrogen-bond donors (Lipinski definition) is 1. The van der Waals surface area contributed by atoms with Gasteiger partial charge in [0.1, 0.15) is 11.1 Å². The number of esters is 1. The molecule has 2 atom stereocenters. The maximum atomic E-state index is 12.6. The van der Waals surface area contributed by atoms with Crippen molar-refractivity contribution >= 4 is 12.3 Å². The van der Waals surface area contributed by atoms with Crippen LogP contribution in [-0.4, -0.2) is 23.4 Å². The minimum absolute atomic E-state index is 0.297. The Morgan fingerprint density at radius 3 is 2.35 bits per heavy atom. The average molecular weight is 274 g/mol. The van der Waals surface area contributed by atoms with Crippen molar-refractivity contribution in [2.75, 3.05) is 0 Å². The molecule has 1 aromatic rings. The lowest BCUT2D eigenvalue weighted by Crippen LogP contribution is -2.59. The summed E-state index contributed by atoms with van der Waals surface area (Å²) in [7, 11) is 0. The lowest BCUT2D eigenvalue weighted by atomic mass is 9.75. The molecule has 2 rings (SSSR count). The van der Waals surface area contributed by atoms with E-state index in [1.165, 1.54) is 0 Å². The van der Waals surface area contributed by atoms with Crippen LogP contribution in [0.1, 0.15) is 40.2 Å². The van der Waals surface area contributed by atoms with Crippen LogP contribution in [0.3, 0.4) is 0 Å². The topological polar surface area (TPSA) is 50.7 Å². The van der Waals surface area contributed by atoms with Crippen molar-refractivity contribution in [3.8, 4) is 0 Å². The molecule has 1 N–H and O–H groups in total. The summed E-state index contributed by atoms with van der Waals surface area (Å²) in [5.41, 5.74) is -1.14. The van der Waals surface area contributed by atoms with Gasteiger partial charge in [0, 0.05) is 0 Å². The van der Waals surface area contributed by atoms with E-state index in [1.54, 1.807) is 6.34 Å². The van der Waals surface area contributed by atoms with Gasteiger partial charge < -0.3 is 10.1 Å². The minimum atomic E-state index is -0.915. The van der Waals surface area contributed by atoms with Gasteiger partial charge in [-0.25, -0.2) is 4.79 Å². The largest absolute Gasteiger partial charge is 0.458 e. The van der Waals surface area contributed by atoms with E-state index in [4.69, 9.17) is 4.74 Å². The van der Waals surface area contributed by atoms with Gasteiger partial charge in [0.25, 0.3) is 0 Å². The number of carbonyl (C=O) groups excluding carboxylic acids is 1. The Bertz CT molecular complexity index is 533. The molecule has 108 valence electrons. The molecule has 4 nitrogen and oxygen atoms in total. The minimum Gasteiger partial charge on any atom is -0.458 e. The summed E-state index contributed by atoms with van der Waals surface area (Å²) in [5.74, 6) is -0.297. The molecule has 0 bridgehead atoms. The van der Waals surface area contributed by atoms with Crippen LogP contribution in [0, 0.1) is 0 Å². The predicted octanol–water partition coefficient (Wildman–Crippen LogP) is 2.63. The first-order chi connectivity index (χ1) is 9.19. The highest BCUT2D eigenvalue weighted by Gasteiger charge is 2.55. The molecule has 0 spiro atoms. The molecule has 0 amide bonds. The number of nitrogens with zero attached hydrogens (tertiary/aromatic N) is 1. The van der Waals surface area contributed by atoms with E-state index in [-0.39, 0.29) is 5.97 Å². The van der Waals surface area contributed by atoms with Crippen LogP contribution >= 0.6 is 0 Å². The second-order valence-corrected chi connectivity index (χ2v) is 6.47. The molecule has 0 saturated carbocycles. The molecule has 0 aromatic heterocycles. The van der Waals surface area contributed by atoms with Crippen LogP contribution in [-0.2, 0) is 15.1 Å². The SMILES string of the molecule is CC(C)(C)OC(=O)[C@]1(C)NC=N[C@@]1(C)c1ccccc1. The number of aliphatic imine (C=N–C) groups is 1. The van der Waals surface area contributed by atoms with E-state index in [9.17, 15) is 4.79 Å². The second-order valence-electron chi connectivity index (χ2n) is 6.47. The van der Waals surface area contributed by atoms with Gasteiger partial charge in [-0.05, 0) is 40.2 Å². The van der Waals surface area contributed by atoms with Crippen LogP contribution in [0.4, 0.5) is 0 Å². The molecule has 1 aromatic carbocycles. The maximum Gasteiger partial charge on any atom is 0.334 e. The third-order valence-corrected chi connectivity index (χ3v) is 3.79.